The van der Waals surface area contributed by atoms with E-state index in [1.54, 1.807) is 0 Å². The summed E-state index contributed by atoms with van der Waals surface area (Å²) < 4.78 is 6.04. The second kappa shape index (κ2) is 11.7. The molecule has 0 bridgehead atoms. The molecular formula is C33H54N2O4. The number of aliphatic hydroxyl groups excluding tert-OH is 1. The van der Waals surface area contributed by atoms with Crippen LogP contribution in [0.15, 0.2) is 0 Å². The van der Waals surface area contributed by atoms with Crippen molar-refractivity contribution >= 4 is 11.9 Å². The fourth-order valence-corrected chi connectivity index (χ4v) is 9.63. The Kier molecular flexibility index (Phi) is 9.11. The highest BCUT2D eigenvalue weighted by Gasteiger charge is 2.63. The van der Waals surface area contributed by atoms with Gasteiger partial charge in [0.2, 0.25) is 5.91 Å². The molecule has 0 heterocycles. The molecule has 10 atom stereocenters. The van der Waals surface area contributed by atoms with Gasteiger partial charge < -0.3 is 15.2 Å². The number of rotatable bonds is 9. The van der Waals surface area contributed by atoms with Gasteiger partial charge in [0.1, 0.15) is 6.10 Å². The first kappa shape index (κ1) is 30.4. The number of carbonyl (C=O) groups is 2. The van der Waals surface area contributed by atoms with Gasteiger partial charge >= 0.3 is 5.97 Å². The van der Waals surface area contributed by atoms with Crippen LogP contribution in [0, 0.1) is 63.1 Å². The minimum Gasteiger partial charge on any atom is -0.462 e. The third kappa shape index (κ3) is 5.77. The van der Waals surface area contributed by atoms with Crippen molar-refractivity contribution in [3.63, 3.8) is 0 Å². The molecule has 4 fully saturated rings. The average Bonchev–Trinajstić information content (AvgIpc) is 3.25. The first-order valence-corrected chi connectivity index (χ1v) is 15.9. The lowest BCUT2D eigenvalue weighted by Gasteiger charge is -2.62. The number of fused-ring (bicyclic) bond motifs is 5. The molecule has 4 aliphatic rings. The molecule has 6 nitrogen and oxygen atoms in total. The van der Waals surface area contributed by atoms with Gasteiger partial charge in [-0.3, -0.25) is 9.59 Å². The van der Waals surface area contributed by atoms with Crippen LogP contribution in [0.3, 0.4) is 0 Å². The number of hydrogen-bond acceptors (Lipinski definition) is 5. The molecule has 4 aliphatic carbocycles. The van der Waals surface area contributed by atoms with E-state index in [4.69, 9.17) is 10.00 Å². The highest BCUT2D eigenvalue weighted by atomic mass is 16.5. The Morgan fingerprint density at radius 2 is 1.79 bits per heavy atom. The van der Waals surface area contributed by atoms with Gasteiger partial charge in [-0.05, 0) is 124 Å². The van der Waals surface area contributed by atoms with E-state index in [2.05, 4.69) is 32.2 Å². The molecule has 4 saturated carbocycles. The molecule has 10 unspecified atom stereocenters. The van der Waals surface area contributed by atoms with Crippen LogP contribution in [-0.2, 0) is 14.3 Å². The van der Waals surface area contributed by atoms with Gasteiger partial charge in [0.15, 0.2) is 0 Å². The molecule has 0 aliphatic heterocycles. The summed E-state index contributed by atoms with van der Waals surface area (Å²) in [5.74, 6) is 2.88. The molecule has 2 N–H and O–H groups in total. The lowest BCUT2D eigenvalue weighted by molar-refractivity contribution is -0.186. The predicted molar refractivity (Wildman–Crippen MR) is 152 cm³/mol. The minimum atomic E-state index is -0.441. The topological polar surface area (TPSA) is 99.4 Å². The Morgan fingerprint density at radius 1 is 1.10 bits per heavy atom. The zero-order chi connectivity index (χ0) is 28.6. The van der Waals surface area contributed by atoms with Crippen molar-refractivity contribution in [3.8, 4) is 6.07 Å². The van der Waals surface area contributed by atoms with Gasteiger partial charge in [-0.25, -0.2) is 0 Å². The number of aliphatic hydroxyl groups is 1. The number of ether oxygens (including phenoxy) is 1. The molecule has 0 spiro atoms. The van der Waals surface area contributed by atoms with Crippen LogP contribution in [0.1, 0.15) is 119 Å². The predicted octanol–water partition coefficient (Wildman–Crippen LogP) is 6.41. The molecule has 0 saturated heterocycles. The summed E-state index contributed by atoms with van der Waals surface area (Å²) in [6, 6.07) is 2.08. The maximum atomic E-state index is 12.8. The maximum absolute atomic E-state index is 12.8. The number of nitrogens with one attached hydrogen (secondary N) is 1. The molecule has 39 heavy (non-hydrogen) atoms. The van der Waals surface area contributed by atoms with Gasteiger partial charge in [0.25, 0.3) is 0 Å². The van der Waals surface area contributed by atoms with Gasteiger partial charge in [-0.2, -0.15) is 5.26 Å². The lowest BCUT2D eigenvalue weighted by atomic mass is 9.43. The molecule has 1 amide bonds. The summed E-state index contributed by atoms with van der Waals surface area (Å²) >= 11 is 0. The Labute approximate surface area is 237 Å². The van der Waals surface area contributed by atoms with E-state index in [0.717, 1.165) is 38.5 Å². The summed E-state index contributed by atoms with van der Waals surface area (Å²) in [7, 11) is 0. The van der Waals surface area contributed by atoms with Crippen molar-refractivity contribution < 1.29 is 19.4 Å². The maximum Gasteiger partial charge on any atom is 0.311 e. The van der Waals surface area contributed by atoms with Crippen molar-refractivity contribution in [2.45, 2.75) is 131 Å². The third-order valence-electron chi connectivity index (χ3n) is 12.5. The Bertz CT molecular complexity index is 942. The van der Waals surface area contributed by atoms with Crippen LogP contribution < -0.4 is 5.32 Å². The van der Waals surface area contributed by atoms with Crippen LogP contribution >= 0.6 is 0 Å². The Hall–Kier alpha value is -1.61. The number of nitriles is 1. The second-order valence-electron chi connectivity index (χ2n) is 14.8. The zero-order valence-electron chi connectivity index (χ0n) is 25.4. The van der Waals surface area contributed by atoms with Crippen LogP contribution in [0.25, 0.3) is 0 Å². The Balaban J connectivity index is 1.40. The van der Waals surface area contributed by atoms with Crippen LogP contribution in [0.4, 0.5) is 0 Å². The van der Waals surface area contributed by atoms with Crippen molar-refractivity contribution in [1.29, 1.82) is 5.26 Å². The van der Waals surface area contributed by atoms with E-state index >= 15 is 0 Å². The van der Waals surface area contributed by atoms with Gasteiger partial charge in [0, 0.05) is 13.0 Å². The zero-order valence-corrected chi connectivity index (χ0v) is 25.4. The molecule has 0 aromatic rings. The minimum absolute atomic E-state index is 0.0205. The number of carbonyl (C=O) groups excluding carboxylic acids is 2. The SMILES string of the molecule is CCC(C)(C)C(=O)OC1CCC2(C)C(C1)CC(O)C1C2CCC2(C)C(C(C)CCC(=O)NCCC#N)CCC12. The Morgan fingerprint density at radius 3 is 2.49 bits per heavy atom. The van der Waals surface area contributed by atoms with E-state index in [1.165, 1.54) is 25.7 Å². The van der Waals surface area contributed by atoms with E-state index in [1.807, 2.05) is 20.8 Å². The first-order valence-electron chi connectivity index (χ1n) is 15.9. The van der Waals surface area contributed by atoms with E-state index in [0.29, 0.717) is 54.9 Å². The largest absolute Gasteiger partial charge is 0.462 e. The van der Waals surface area contributed by atoms with Crippen LogP contribution in [-0.4, -0.2) is 35.7 Å². The highest BCUT2D eigenvalue weighted by molar-refractivity contribution is 5.76. The van der Waals surface area contributed by atoms with Crippen molar-refractivity contribution in [2.75, 3.05) is 6.54 Å². The molecule has 4 rings (SSSR count). The van der Waals surface area contributed by atoms with Crippen molar-refractivity contribution in [2.24, 2.45) is 51.8 Å². The third-order valence-corrected chi connectivity index (χ3v) is 12.5. The average molecular weight is 543 g/mol. The summed E-state index contributed by atoms with van der Waals surface area (Å²) in [4.78, 5) is 25.0. The quantitative estimate of drug-likeness (QED) is 0.259. The molecule has 0 aromatic carbocycles. The fraction of sp³-hybridized carbons (Fsp3) is 0.909. The fourth-order valence-electron chi connectivity index (χ4n) is 9.63. The second-order valence-corrected chi connectivity index (χ2v) is 14.8. The standard InChI is InChI=1S/C33H54N2O4/c1-7-31(3,4)30(38)39-23-13-15-32(5)22(19-23)20-27(36)29-25-11-10-24(33(25,6)16-14-26(29)32)21(2)9-12-28(37)35-18-8-17-34/h21-27,29,36H,7-16,18-20H2,1-6H3,(H,35,37). The smallest absolute Gasteiger partial charge is 0.311 e. The molecule has 0 radical (unpaired) electrons. The van der Waals surface area contributed by atoms with E-state index < -0.39 is 5.41 Å². The summed E-state index contributed by atoms with van der Waals surface area (Å²) in [6.45, 7) is 13.7. The molecule has 6 heteroatoms. The van der Waals surface area contributed by atoms with Crippen molar-refractivity contribution in [1.82, 2.24) is 5.32 Å². The van der Waals surface area contributed by atoms with E-state index in [9.17, 15) is 14.7 Å². The monoisotopic (exact) mass is 542 g/mol. The van der Waals surface area contributed by atoms with Gasteiger partial charge in [0.05, 0.1) is 24.0 Å². The highest BCUT2D eigenvalue weighted by Crippen LogP contribution is 2.68. The van der Waals surface area contributed by atoms with Gasteiger partial charge in [-0.1, -0.05) is 27.7 Å². The first-order chi connectivity index (χ1) is 18.4. The number of nitrogens with zero attached hydrogens (tertiary/aromatic N) is 1. The summed E-state index contributed by atoms with van der Waals surface area (Å²) in [5.41, 5.74) is -0.0107. The molecular weight excluding hydrogens is 488 g/mol. The number of hydrogen-bond donors (Lipinski definition) is 2. The number of amides is 1. The van der Waals surface area contributed by atoms with Crippen molar-refractivity contribution in [3.05, 3.63) is 0 Å². The normalized spacial score (nSPS) is 40.4. The summed E-state index contributed by atoms with van der Waals surface area (Å²) in [5, 5.41) is 23.2. The number of esters is 1. The van der Waals surface area contributed by atoms with E-state index in [-0.39, 0.29) is 34.9 Å². The molecule has 220 valence electrons. The molecule has 0 aromatic heterocycles. The van der Waals surface area contributed by atoms with Crippen LogP contribution in [0.5, 0.6) is 0 Å². The van der Waals surface area contributed by atoms with Gasteiger partial charge in [-0.15, -0.1) is 0 Å². The van der Waals surface area contributed by atoms with Crippen LogP contribution in [0.2, 0.25) is 0 Å². The lowest BCUT2D eigenvalue weighted by Crippen LogP contribution is -2.59. The summed E-state index contributed by atoms with van der Waals surface area (Å²) in [6.07, 6.45) is 10.8.